The molecule has 8 nitrogen and oxygen atoms in total. The molecule has 29 heavy (non-hydrogen) atoms. The second-order valence-corrected chi connectivity index (χ2v) is 6.40. The lowest BCUT2D eigenvalue weighted by molar-refractivity contribution is -0.130. The number of carbonyl (C=O) groups is 1. The largest absolute Gasteiger partial charge is 0.493 e. The van der Waals surface area contributed by atoms with Gasteiger partial charge in [0.2, 0.25) is 11.7 Å². The fourth-order valence-electron chi connectivity index (χ4n) is 2.72. The van der Waals surface area contributed by atoms with Crippen molar-refractivity contribution in [2.75, 3.05) is 27.8 Å². The predicted octanol–water partition coefficient (Wildman–Crippen LogP) is 2.20. The highest BCUT2D eigenvalue weighted by Crippen LogP contribution is 2.27. The van der Waals surface area contributed by atoms with Crippen molar-refractivity contribution in [3.63, 3.8) is 0 Å². The van der Waals surface area contributed by atoms with E-state index < -0.39 is 0 Å². The first-order valence-electron chi connectivity index (χ1n) is 8.98. The minimum absolute atomic E-state index is 0.0311. The summed E-state index contributed by atoms with van der Waals surface area (Å²) in [6.45, 7) is 0.491. The van der Waals surface area contributed by atoms with E-state index >= 15 is 0 Å². The Morgan fingerprint density at radius 2 is 1.83 bits per heavy atom. The summed E-state index contributed by atoms with van der Waals surface area (Å²) in [5, 5.41) is 12.0. The molecule has 3 rings (SSSR count). The second-order valence-electron chi connectivity index (χ2n) is 6.40. The van der Waals surface area contributed by atoms with Crippen LogP contribution in [0.15, 0.2) is 42.5 Å². The van der Waals surface area contributed by atoms with Gasteiger partial charge < -0.3 is 14.4 Å². The lowest BCUT2D eigenvalue weighted by Crippen LogP contribution is -2.32. The van der Waals surface area contributed by atoms with Gasteiger partial charge in [0.1, 0.15) is 12.4 Å². The highest BCUT2D eigenvalue weighted by Gasteiger charge is 2.14. The highest BCUT2D eigenvalue weighted by molar-refractivity contribution is 5.75. The molecule has 0 bridgehead atoms. The van der Waals surface area contributed by atoms with Gasteiger partial charge in [0, 0.05) is 19.2 Å². The number of hydrogen-bond donors (Lipinski definition) is 0. The molecule has 0 aliphatic rings. The summed E-state index contributed by atoms with van der Waals surface area (Å²) in [5.74, 6) is 1.17. The molecule has 0 fully saturated rings. The van der Waals surface area contributed by atoms with Crippen molar-refractivity contribution in [2.45, 2.75) is 13.0 Å². The standard InChI is InChI=1S/C20H22FN5O3/c1-25(11-10-14-4-9-17(28-2)18(12-14)29-3)19(27)13-26-23-20(22-24-26)15-5-7-16(21)8-6-15/h4-9,12H,10-11,13H2,1-3H3. The Bertz CT molecular complexity index is 975. The Morgan fingerprint density at radius 1 is 1.10 bits per heavy atom. The molecular weight excluding hydrogens is 377 g/mol. The number of rotatable bonds is 8. The van der Waals surface area contributed by atoms with Crippen LogP contribution in [0.1, 0.15) is 5.56 Å². The van der Waals surface area contributed by atoms with Gasteiger partial charge in [-0.25, -0.2) is 4.39 Å². The number of nitrogens with zero attached hydrogens (tertiary/aromatic N) is 5. The van der Waals surface area contributed by atoms with E-state index in [2.05, 4.69) is 15.4 Å². The van der Waals surface area contributed by atoms with Gasteiger partial charge in [0.15, 0.2) is 11.5 Å². The van der Waals surface area contributed by atoms with Gasteiger partial charge in [-0.15, -0.1) is 10.2 Å². The van der Waals surface area contributed by atoms with E-state index in [0.717, 1.165) is 5.56 Å². The van der Waals surface area contributed by atoms with Crippen molar-refractivity contribution in [3.05, 3.63) is 53.8 Å². The Labute approximate surface area is 167 Å². The summed E-state index contributed by atoms with van der Waals surface area (Å²) in [6, 6.07) is 11.4. The van der Waals surface area contributed by atoms with Crippen molar-refractivity contribution in [2.24, 2.45) is 0 Å². The number of methoxy groups -OCH3 is 2. The molecule has 1 heterocycles. The number of tetrazole rings is 1. The van der Waals surface area contributed by atoms with Crippen LogP contribution in [0.25, 0.3) is 11.4 Å². The molecule has 2 aromatic carbocycles. The van der Waals surface area contributed by atoms with E-state index in [1.165, 1.54) is 16.9 Å². The quantitative estimate of drug-likeness (QED) is 0.578. The van der Waals surface area contributed by atoms with Gasteiger partial charge >= 0.3 is 0 Å². The maximum absolute atomic E-state index is 13.0. The topological polar surface area (TPSA) is 82.4 Å². The first-order chi connectivity index (χ1) is 14.0. The smallest absolute Gasteiger partial charge is 0.245 e. The minimum Gasteiger partial charge on any atom is -0.493 e. The number of benzene rings is 2. The number of ether oxygens (including phenoxy) is 2. The van der Waals surface area contributed by atoms with Gasteiger partial charge in [-0.2, -0.15) is 4.80 Å². The van der Waals surface area contributed by atoms with Gasteiger partial charge in [0.25, 0.3) is 0 Å². The zero-order chi connectivity index (χ0) is 20.8. The van der Waals surface area contributed by atoms with Crippen LogP contribution in [0.4, 0.5) is 4.39 Å². The number of halogens is 1. The molecule has 1 aromatic heterocycles. The molecule has 0 spiro atoms. The van der Waals surface area contributed by atoms with Crippen LogP contribution in [0, 0.1) is 5.82 Å². The molecule has 0 radical (unpaired) electrons. The van der Waals surface area contributed by atoms with Crippen molar-refractivity contribution in [3.8, 4) is 22.9 Å². The van der Waals surface area contributed by atoms with Crippen LogP contribution in [0.5, 0.6) is 11.5 Å². The van der Waals surface area contributed by atoms with Crippen molar-refractivity contribution in [1.29, 1.82) is 0 Å². The van der Waals surface area contributed by atoms with Crippen LogP contribution in [-0.4, -0.2) is 58.8 Å². The summed E-state index contributed by atoms with van der Waals surface area (Å²) >= 11 is 0. The number of aromatic nitrogens is 4. The number of hydrogen-bond acceptors (Lipinski definition) is 6. The van der Waals surface area contributed by atoms with Crippen LogP contribution >= 0.6 is 0 Å². The zero-order valence-corrected chi connectivity index (χ0v) is 16.5. The monoisotopic (exact) mass is 399 g/mol. The molecule has 9 heteroatoms. The molecule has 1 amide bonds. The Hall–Kier alpha value is -3.49. The van der Waals surface area contributed by atoms with Crippen molar-refractivity contribution < 1.29 is 18.7 Å². The minimum atomic E-state index is -0.340. The van der Waals surface area contributed by atoms with Gasteiger partial charge in [-0.1, -0.05) is 6.07 Å². The van der Waals surface area contributed by atoms with E-state index in [0.29, 0.717) is 35.9 Å². The molecule has 0 N–H and O–H groups in total. The number of carbonyl (C=O) groups excluding carboxylic acids is 1. The summed E-state index contributed by atoms with van der Waals surface area (Å²) in [4.78, 5) is 15.3. The third kappa shape index (κ3) is 5.07. The van der Waals surface area contributed by atoms with Crippen molar-refractivity contribution >= 4 is 5.91 Å². The SMILES string of the molecule is COc1ccc(CCN(C)C(=O)Cn2nnc(-c3ccc(F)cc3)n2)cc1OC. The summed E-state index contributed by atoms with van der Waals surface area (Å²) < 4.78 is 23.6. The van der Waals surface area contributed by atoms with E-state index in [4.69, 9.17) is 9.47 Å². The van der Waals surface area contributed by atoms with Crippen molar-refractivity contribution in [1.82, 2.24) is 25.1 Å². The van der Waals surface area contributed by atoms with Gasteiger partial charge in [0.05, 0.1) is 14.2 Å². The Kier molecular flexibility index (Phi) is 6.38. The fourth-order valence-corrected chi connectivity index (χ4v) is 2.72. The van der Waals surface area contributed by atoms with E-state index in [-0.39, 0.29) is 18.3 Å². The fraction of sp³-hybridized carbons (Fsp3) is 0.300. The van der Waals surface area contributed by atoms with Crippen LogP contribution in [-0.2, 0) is 17.8 Å². The van der Waals surface area contributed by atoms with Crippen LogP contribution in [0.3, 0.4) is 0 Å². The average molecular weight is 399 g/mol. The molecule has 0 saturated heterocycles. The lowest BCUT2D eigenvalue weighted by Gasteiger charge is -2.17. The normalized spacial score (nSPS) is 10.6. The molecule has 3 aromatic rings. The second kappa shape index (κ2) is 9.13. The Balaban J connectivity index is 1.56. The zero-order valence-electron chi connectivity index (χ0n) is 16.5. The van der Waals surface area contributed by atoms with Gasteiger partial charge in [-0.05, 0) is 53.6 Å². The first-order valence-corrected chi connectivity index (χ1v) is 8.98. The molecule has 0 aliphatic heterocycles. The molecule has 0 atom stereocenters. The summed E-state index contributed by atoms with van der Waals surface area (Å²) in [6.07, 6.45) is 0.661. The summed E-state index contributed by atoms with van der Waals surface area (Å²) in [5.41, 5.74) is 1.66. The molecule has 0 unspecified atom stereocenters. The molecule has 152 valence electrons. The van der Waals surface area contributed by atoms with Crippen LogP contribution < -0.4 is 9.47 Å². The highest BCUT2D eigenvalue weighted by atomic mass is 19.1. The third-order valence-electron chi connectivity index (χ3n) is 4.44. The van der Waals surface area contributed by atoms with E-state index in [1.807, 2.05) is 18.2 Å². The maximum Gasteiger partial charge on any atom is 0.245 e. The first kappa shape index (κ1) is 20.2. The molecular formula is C20H22FN5O3. The van der Waals surface area contributed by atoms with Crippen LogP contribution in [0.2, 0.25) is 0 Å². The summed E-state index contributed by atoms with van der Waals surface area (Å²) in [7, 11) is 4.90. The predicted molar refractivity (Wildman–Crippen MR) is 104 cm³/mol. The number of likely N-dealkylation sites (N-methyl/N-ethyl adjacent to an activating group) is 1. The molecule has 0 aliphatic carbocycles. The number of amides is 1. The van der Waals surface area contributed by atoms with E-state index in [1.54, 1.807) is 38.3 Å². The lowest BCUT2D eigenvalue weighted by atomic mass is 10.1. The average Bonchev–Trinajstić information content (AvgIpc) is 3.20. The molecule has 0 saturated carbocycles. The maximum atomic E-state index is 13.0. The van der Waals surface area contributed by atoms with Gasteiger partial charge in [-0.3, -0.25) is 4.79 Å². The van der Waals surface area contributed by atoms with E-state index in [9.17, 15) is 9.18 Å². The third-order valence-corrected chi connectivity index (χ3v) is 4.44. The Morgan fingerprint density at radius 3 is 2.52 bits per heavy atom.